The average molecular weight is 295 g/mol. The average Bonchev–Trinajstić information content (AvgIpc) is 3.23. The smallest absolute Gasteiger partial charge is 0.159 e. The van der Waals surface area contributed by atoms with Crippen LogP contribution in [0.25, 0.3) is 17.2 Å². The number of fused-ring (bicyclic) bond motifs is 1. The van der Waals surface area contributed by atoms with Crippen LogP contribution in [0.3, 0.4) is 0 Å². The molecule has 114 valence electrons. The molecule has 22 heavy (non-hydrogen) atoms. The summed E-state index contributed by atoms with van der Waals surface area (Å²) in [5.74, 6) is 1.73. The largest absolute Gasteiger partial charge is 0.327 e. The van der Waals surface area contributed by atoms with Gasteiger partial charge >= 0.3 is 0 Å². The molecule has 1 saturated carbocycles. The van der Waals surface area contributed by atoms with Gasteiger partial charge in [-0.05, 0) is 37.8 Å². The van der Waals surface area contributed by atoms with Crippen LogP contribution in [0.5, 0.6) is 0 Å². The highest BCUT2D eigenvalue weighted by atomic mass is 15.3. The Morgan fingerprint density at radius 1 is 1.14 bits per heavy atom. The molecule has 5 heteroatoms. The third-order valence-electron chi connectivity index (χ3n) is 4.97. The summed E-state index contributed by atoms with van der Waals surface area (Å²) in [7, 11) is 0. The van der Waals surface area contributed by atoms with Gasteiger partial charge in [0.2, 0.25) is 0 Å². The third-order valence-corrected chi connectivity index (χ3v) is 4.97. The quantitative estimate of drug-likeness (QED) is 0.739. The lowest BCUT2D eigenvalue weighted by Crippen LogP contribution is -2.20. The lowest BCUT2D eigenvalue weighted by molar-refractivity contribution is 0.265. The van der Waals surface area contributed by atoms with E-state index in [0.717, 1.165) is 23.1 Å². The molecule has 1 fully saturated rings. The summed E-state index contributed by atoms with van der Waals surface area (Å²) < 4.78 is 4.18. The Kier molecular flexibility index (Phi) is 3.41. The Balaban J connectivity index is 1.75. The maximum absolute atomic E-state index is 4.61. The maximum Gasteiger partial charge on any atom is 0.159 e. The van der Waals surface area contributed by atoms with E-state index in [1.807, 2.05) is 22.8 Å². The Morgan fingerprint density at radius 2 is 2.00 bits per heavy atom. The van der Waals surface area contributed by atoms with Crippen LogP contribution in [0.1, 0.15) is 45.1 Å². The van der Waals surface area contributed by atoms with E-state index in [1.54, 1.807) is 6.33 Å². The fraction of sp³-hybridized carbons (Fsp3) is 0.471. The van der Waals surface area contributed by atoms with Crippen LogP contribution in [0.2, 0.25) is 0 Å². The fourth-order valence-corrected chi connectivity index (χ4v) is 3.70. The van der Waals surface area contributed by atoms with Gasteiger partial charge in [-0.15, -0.1) is 0 Å². The van der Waals surface area contributed by atoms with Crippen LogP contribution in [-0.2, 0) is 0 Å². The van der Waals surface area contributed by atoms with Crippen molar-refractivity contribution in [2.45, 2.75) is 45.1 Å². The maximum atomic E-state index is 4.61. The van der Waals surface area contributed by atoms with Crippen molar-refractivity contribution in [1.29, 1.82) is 0 Å². The third kappa shape index (κ3) is 2.21. The monoisotopic (exact) mass is 295 g/mol. The Bertz CT molecular complexity index is 766. The molecule has 3 aromatic heterocycles. The standard InChI is InChI=1S/C17H21N5/c1-13(14-6-3-2-4-7-14)21-11-10-18-17(21)15-8-5-9-16-19-12-20-22(15)16/h5,8-14H,2-4,6-7H2,1H3/t13-/m0/s1. The molecule has 0 aliphatic heterocycles. The first kappa shape index (κ1) is 13.5. The van der Waals surface area contributed by atoms with Crippen molar-refractivity contribution in [2.75, 3.05) is 0 Å². The summed E-state index contributed by atoms with van der Waals surface area (Å²) in [6.07, 6.45) is 12.3. The number of hydrogen-bond donors (Lipinski definition) is 0. The van der Waals surface area contributed by atoms with Crippen LogP contribution in [0.4, 0.5) is 0 Å². The predicted octanol–water partition coefficient (Wildman–Crippen LogP) is 3.73. The van der Waals surface area contributed by atoms with Crippen LogP contribution in [-0.4, -0.2) is 24.1 Å². The molecule has 1 aliphatic carbocycles. The molecule has 0 radical (unpaired) electrons. The van der Waals surface area contributed by atoms with Crippen molar-refractivity contribution in [3.05, 3.63) is 36.9 Å². The van der Waals surface area contributed by atoms with Crippen LogP contribution < -0.4 is 0 Å². The number of rotatable bonds is 3. The Hall–Kier alpha value is -2.17. The van der Waals surface area contributed by atoms with Crippen molar-refractivity contribution in [2.24, 2.45) is 5.92 Å². The van der Waals surface area contributed by atoms with Crippen molar-refractivity contribution in [3.8, 4) is 11.5 Å². The second-order valence-electron chi connectivity index (χ2n) is 6.24. The van der Waals surface area contributed by atoms with Gasteiger partial charge in [0, 0.05) is 18.4 Å². The van der Waals surface area contributed by atoms with Gasteiger partial charge in [-0.3, -0.25) is 0 Å². The number of aromatic nitrogens is 5. The second-order valence-corrected chi connectivity index (χ2v) is 6.24. The second kappa shape index (κ2) is 5.55. The van der Waals surface area contributed by atoms with Gasteiger partial charge in [-0.25, -0.2) is 14.5 Å². The van der Waals surface area contributed by atoms with E-state index in [1.165, 1.54) is 32.1 Å². The van der Waals surface area contributed by atoms with Gasteiger partial charge in [-0.1, -0.05) is 25.3 Å². The predicted molar refractivity (Wildman–Crippen MR) is 85.5 cm³/mol. The molecule has 0 aromatic carbocycles. The van der Waals surface area contributed by atoms with Gasteiger partial charge in [-0.2, -0.15) is 5.10 Å². The lowest BCUT2D eigenvalue weighted by Gasteiger charge is -2.29. The van der Waals surface area contributed by atoms with E-state index in [0.29, 0.717) is 6.04 Å². The molecule has 3 aromatic rings. The van der Waals surface area contributed by atoms with Crippen molar-refractivity contribution in [3.63, 3.8) is 0 Å². The van der Waals surface area contributed by atoms with Crippen molar-refractivity contribution in [1.82, 2.24) is 24.1 Å². The highest BCUT2D eigenvalue weighted by molar-refractivity contribution is 5.56. The highest BCUT2D eigenvalue weighted by Crippen LogP contribution is 2.34. The number of nitrogens with zero attached hydrogens (tertiary/aromatic N) is 5. The molecule has 0 bridgehead atoms. The summed E-state index contributed by atoms with van der Waals surface area (Å²) in [5, 5.41) is 4.34. The van der Waals surface area contributed by atoms with E-state index in [4.69, 9.17) is 0 Å². The SMILES string of the molecule is C[C@@H](C1CCCCC1)n1ccnc1-c1cccc2ncnn12. The van der Waals surface area contributed by atoms with Gasteiger partial charge in [0.25, 0.3) is 0 Å². The van der Waals surface area contributed by atoms with Gasteiger partial charge in [0.05, 0.1) is 0 Å². The molecule has 0 spiro atoms. The summed E-state index contributed by atoms with van der Waals surface area (Å²) in [4.78, 5) is 8.87. The first-order chi connectivity index (χ1) is 10.8. The van der Waals surface area contributed by atoms with E-state index < -0.39 is 0 Å². The van der Waals surface area contributed by atoms with Gasteiger partial charge in [0.1, 0.15) is 12.0 Å². The normalized spacial score (nSPS) is 17.9. The summed E-state index contributed by atoms with van der Waals surface area (Å²) >= 11 is 0. The van der Waals surface area contributed by atoms with Crippen LogP contribution in [0.15, 0.2) is 36.9 Å². The molecular formula is C17H21N5. The molecule has 0 N–H and O–H groups in total. The molecule has 0 saturated heterocycles. The Morgan fingerprint density at radius 3 is 2.86 bits per heavy atom. The first-order valence-electron chi connectivity index (χ1n) is 8.16. The summed E-state index contributed by atoms with van der Waals surface area (Å²) in [6, 6.07) is 6.52. The minimum atomic E-state index is 0.469. The van der Waals surface area contributed by atoms with Gasteiger partial charge < -0.3 is 4.57 Å². The molecule has 1 atom stereocenters. The zero-order valence-electron chi connectivity index (χ0n) is 12.9. The molecule has 4 rings (SSSR count). The zero-order chi connectivity index (χ0) is 14.9. The number of pyridine rings is 1. The number of hydrogen-bond acceptors (Lipinski definition) is 3. The minimum Gasteiger partial charge on any atom is -0.327 e. The fourth-order valence-electron chi connectivity index (χ4n) is 3.70. The molecular weight excluding hydrogens is 274 g/mol. The summed E-state index contributed by atoms with van der Waals surface area (Å²) in [5.41, 5.74) is 1.86. The number of imidazole rings is 1. The van der Waals surface area contributed by atoms with E-state index >= 15 is 0 Å². The molecule has 0 amide bonds. The Labute approximate surface area is 130 Å². The molecule has 1 aliphatic rings. The van der Waals surface area contributed by atoms with E-state index in [2.05, 4.69) is 38.8 Å². The van der Waals surface area contributed by atoms with Crippen LogP contribution in [0, 0.1) is 5.92 Å². The van der Waals surface area contributed by atoms with Crippen molar-refractivity contribution >= 4 is 5.65 Å². The first-order valence-corrected chi connectivity index (χ1v) is 8.16. The lowest BCUT2D eigenvalue weighted by atomic mass is 9.84. The molecule has 5 nitrogen and oxygen atoms in total. The summed E-state index contributed by atoms with van der Waals surface area (Å²) in [6.45, 7) is 2.32. The highest BCUT2D eigenvalue weighted by Gasteiger charge is 2.24. The van der Waals surface area contributed by atoms with E-state index in [-0.39, 0.29) is 0 Å². The molecule has 3 heterocycles. The minimum absolute atomic E-state index is 0.469. The van der Waals surface area contributed by atoms with Crippen molar-refractivity contribution < 1.29 is 0 Å². The van der Waals surface area contributed by atoms with Gasteiger partial charge in [0.15, 0.2) is 11.5 Å². The van der Waals surface area contributed by atoms with E-state index in [9.17, 15) is 0 Å². The molecule has 0 unspecified atom stereocenters. The zero-order valence-corrected chi connectivity index (χ0v) is 12.9. The topological polar surface area (TPSA) is 48.0 Å². The van der Waals surface area contributed by atoms with Crippen LogP contribution >= 0.6 is 0 Å².